The van der Waals surface area contributed by atoms with Gasteiger partial charge in [-0.25, -0.2) is 13.2 Å². The third-order valence-electron chi connectivity index (χ3n) is 6.76. The zero-order valence-electron chi connectivity index (χ0n) is 18.9. The molecule has 1 saturated carbocycles. The molecule has 0 bridgehead atoms. The standard InChI is InChI=1S/C26H28N2O5S/c29-25-21-8-3-1-2-4-9-22(21)33-26(30)24(25)23(17-10-11-17)18-6-5-7-19(16-18)28-34(31,32)20-12-14-27-15-13-20/h5-7,12-17,23,28-29H,1-4,8-11H2. The van der Waals surface area contributed by atoms with Gasteiger partial charge in [-0.05, 0) is 67.9 Å². The number of pyridine rings is 1. The Morgan fingerprint density at radius 1 is 1.03 bits per heavy atom. The van der Waals surface area contributed by atoms with E-state index in [0.717, 1.165) is 49.7 Å². The lowest BCUT2D eigenvalue weighted by Gasteiger charge is -2.22. The van der Waals surface area contributed by atoms with Crippen LogP contribution in [-0.2, 0) is 22.9 Å². The lowest BCUT2D eigenvalue weighted by atomic mass is 9.85. The van der Waals surface area contributed by atoms with E-state index in [9.17, 15) is 18.3 Å². The maximum Gasteiger partial charge on any atom is 0.343 e. The first-order valence-corrected chi connectivity index (χ1v) is 13.3. The van der Waals surface area contributed by atoms with Crippen LogP contribution in [0.3, 0.4) is 0 Å². The van der Waals surface area contributed by atoms with Gasteiger partial charge in [0.25, 0.3) is 10.0 Å². The second-order valence-corrected chi connectivity index (χ2v) is 10.9. The number of aromatic nitrogens is 1. The molecule has 0 spiro atoms. The molecule has 2 heterocycles. The fourth-order valence-electron chi connectivity index (χ4n) is 4.93. The number of benzene rings is 1. The van der Waals surface area contributed by atoms with Crippen molar-refractivity contribution in [2.75, 3.05) is 4.72 Å². The molecule has 3 aromatic rings. The van der Waals surface area contributed by atoms with Crippen LogP contribution in [0.4, 0.5) is 5.69 Å². The average Bonchev–Trinajstić information content (AvgIpc) is 3.63. The quantitative estimate of drug-likeness (QED) is 0.527. The summed E-state index contributed by atoms with van der Waals surface area (Å²) in [5.74, 6) is 0.525. The molecule has 0 saturated heterocycles. The number of fused-ring (bicyclic) bond motifs is 1. The van der Waals surface area contributed by atoms with Crippen molar-refractivity contribution in [3.8, 4) is 5.75 Å². The minimum atomic E-state index is -3.78. The van der Waals surface area contributed by atoms with E-state index in [1.165, 1.54) is 24.5 Å². The van der Waals surface area contributed by atoms with Crippen molar-refractivity contribution in [1.82, 2.24) is 4.98 Å². The minimum absolute atomic E-state index is 0.0628. The van der Waals surface area contributed by atoms with Crippen LogP contribution in [0.25, 0.3) is 0 Å². The van der Waals surface area contributed by atoms with Crippen molar-refractivity contribution in [3.63, 3.8) is 0 Å². The van der Waals surface area contributed by atoms with E-state index < -0.39 is 15.6 Å². The first kappa shape index (κ1) is 22.7. The molecule has 2 aliphatic rings. The number of nitrogens with zero attached hydrogens (tertiary/aromatic N) is 1. The summed E-state index contributed by atoms with van der Waals surface area (Å²) in [5.41, 5.74) is 1.75. The first-order chi connectivity index (χ1) is 16.4. The van der Waals surface area contributed by atoms with Gasteiger partial charge in [0.2, 0.25) is 0 Å². The van der Waals surface area contributed by atoms with E-state index in [1.807, 2.05) is 6.07 Å². The van der Waals surface area contributed by atoms with Gasteiger partial charge in [0, 0.05) is 36.0 Å². The predicted molar refractivity (Wildman–Crippen MR) is 129 cm³/mol. The fourth-order valence-corrected chi connectivity index (χ4v) is 5.96. The SMILES string of the molecule is O=c1oc2c(c(O)c1C(c1cccc(NS(=O)(=O)c3ccncc3)c1)C1CC1)CCCCCC2. The maximum atomic E-state index is 13.1. The van der Waals surface area contributed by atoms with Gasteiger partial charge in [-0.15, -0.1) is 0 Å². The highest BCUT2D eigenvalue weighted by Gasteiger charge is 2.38. The first-order valence-electron chi connectivity index (χ1n) is 11.8. The number of rotatable bonds is 6. The van der Waals surface area contributed by atoms with Gasteiger partial charge in [0.05, 0.1) is 10.5 Å². The molecule has 2 aliphatic carbocycles. The van der Waals surface area contributed by atoms with Gasteiger partial charge < -0.3 is 9.52 Å². The predicted octanol–water partition coefficient (Wildman–Crippen LogP) is 4.74. The van der Waals surface area contributed by atoms with Crippen molar-refractivity contribution >= 4 is 15.7 Å². The smallest absolute Gasteiger partial charge is 0.343 e. The number of aromatic hydroxyl groups is 1. The second kappa shape index (κ2) is 9.25. The summed E-state index contributed by atoms with van der Waals surface area (Å²) in [6.45, 7) is 0. The summed E-state index contributed by atoms with van der Waals surface area (Å²) >= 11 is 0. The highest BCUT2D eigenvalue weighted by atomic mass is 32.2. The van der Waals surface area contributed by atoms with Crippen LogP contribution in [0.5, 0.6) is 5.75 Å². The van der Waals surface area contributed by atoms with Crippen molar-refractivity contribution in [1.29, 1.82) is 0 Å². The van der Waals surface area contributed by atoms with Crippen molar-refractivity contribution in [2.45, 2.75) is 62.2 Å². The van der Waals surface area contributed by atoms with Crippen LogP contribution in [0.15, 0.2) is 62.9 Å². The topological polar surface area (TPSA) is 109 Å². The Balaban J connectivity index is 1.53. The Labute approximate surface area is 198 Å². The molecule has 1 fully saturated rings. The monoisotopic (exact) mass is 480 g/mol. The molecule has 2 aromatic heterocycles. The van der Waals surface area contributed by atoms with E-state index in [0.29, 0.717) is 29.9 Å². The molecular formula is C26H28N2O5S. The van der Waals surface area contributed by atoms with Crippen LogP contribution in [0, 0.1) is 5.92 Å². The molecule has 7 nitrogen and oxygen atoms in total. The van der Waals surface area contributed by atoms with E-state index in [2.05, 4.69) is 9.71 Å². The normalized spacial score (nSPS) is 17.3. The van der Waals surface area contributed by atoms with Crippen LogP contribution >= 0.6 is 0 Å². The minimum Gasteiger partial charge on any atom is -0.507 e. The van der Waals surface area contributed by atoms with Crippen molar-refractivity contribution in [2.24, 2.45) is 5.92 Å². The number of anilines is 1. The second-order valence-electron chi connectivity index (χ2n) is 9.20. The molecule has 0 amide bonds. The molecule has 1 aromatic carbocycles. The van der Waals surface area contributed by atoms with E-state index in [4.69, 9.17) is 4.42 Å². The van der Waals surface area contributed by atoms with Crippen LogP contribution in [-0.4, -0.2) is 18.5 Å². The molecular weight excluding hydrogens is 452 g/mol. The Morgan fingerprint density at radius 2 is 1.76 bits per heavy atom. The largest absolute Gasteiger partial charge is 0.507 e. The maximum absolute atomic E-state index is 13.1. The number of aryl methyl sites for hydroxylation is 1. The zero-order chi connectivity index (χ0) is 23.7. The fraction of sp³-hybridized carbons (Fsp3) is 0.385. The Morgan fingerprint density at radius 3 is 2.50 bits per heavy atom. The molecule has 5 rings (SSSR count). The highest BCUT2D eigenvalue weighted by molar-refractivity contribution is 7.92. The third kappa shape index (κ3) is 4.59. The summed E-state index contributed by atoms with van der Waals surface area (Å²) in [5, 5.41) is 11.3. The Bertz CT molecular complexity index is 1350. The van der Waals surface area contributed by atoms with Gasteiger partial charge >= 0.3 is 5.63 Å². The molecule has 34 heavy (non-hydrogen) atoms. The van der Waals surface area contributed by atoms with Gasteiger partial charge in [0.1, 0.15) is 11.5 Å². The van der Waals surface area contributed by atoms with Gasteiger partial charge in [0.15, 0.2) is 0 Å². The lowest BCUT2D eigenvalue weighted by molar-refractivity contribution is 0.382. The van der Waals surface area contributed by atoms with Crippen LogP contribution < -0.4 is 10.3 Å². The number of nitrogens with one attached hydrogen (secondary N) is 1. The highest BCUT2D eigenvalue weighted by Crippen LogP contribution is 2.49. The number of sulfonamides is 1. The summed E-state index contributed by atoms with van der Waals surface area (Å²) in [7, 11) is -3.78. The molecule has 1 unspecified atom stereocenters. The summed E-state index contributed by atoms with van der Waals surface area (Å²) in [4.78, 5) is 17.1. The van der Waals surface area contributed by atoms with E-state index in [1.54, 1.807) is 18.2 Å². The van der Waals surface area contributed by atoms with E-state index in [-0.39, 0.29) is 22.5 Å². The molecule has 0 radical (unpaired) electrons. The Hall–Kier alpha value is -3.13. The number of hydrogen-bond donors (Lipinski definition) is 2. The van der Waals surface area contributed by atoms with Gasteiger partial charge in [-0.3, -0.25) is 9.71 Å². The average molecular weight is 481 g/mol. The summed E-state index contributed by atoms with van der Waals surface area (Å²) in [6, 6.07) is 9.93. The Kier molecular flexibility index (Phi) is 6.16. The van der Waals surface area contributed by atoms with Crippen LogP contribution in [0.1, 0.15) is 66.9 Å². The summed E-state index contributed by atoms with van der Waals surface area (Å²) in [6.07, 6.45) is 10.2. The van der Waals surface area contributed by atoms with Crippen molar-refractivity contribution < 1.29 is 17.9 Å². The summed E-state index contributed by atoms with van der Waals surface area (Å²) < 4.78 is 33.9. The molecule has 0 aliphatic heterocycles. The van der Waals surface area contributed by atoms with Gasteiger partial charge in [-0.1, -0.05) is 25.0 Å². The van der Waals surface area contributed by atoms with Crippen LogP contribution in [0.2, 0.25) is 0 Å². The molecule has 178 valence electrons. The zero-order valence-corrected chi connectivity index (χ0v) is 19.7. The molecule has 1 atom stereocenters. The van der Waals surface area contributed by atoms with E-state index >= 15 is 0 Å². The molecule has 2 N–H and O–H groups in total. The van der Waals surface area contributed by atoms with Crippen molar-refractivity contribution in [3.05, 3.63) is 81.7 Å². The molecule has 8 heteroatoms. The van der Waals surface area contributed by atoms with Gasteiger partial charge in [-0.2, -0.15) is 0 Å². The third-order valence-corrected chi connectivity index (χ3v) is 8.15. The lowest BCUT2D eigenvalue weighted by Crippen LogP contribution is -2.19. The number of hydrogen-bond acceptors (Lipinski definition) is 6.